The number of hydrogen-bond donors (Lipinski definition) is 2. The second kappa shape index (κ2) is 10.1. The Morgan fingerprint density at radius 1 is 0.647 bits per heavy atom. The van der Waals surface area contributed by atoms with Gasteiger partial charge in [0.05, 0.1) is 22.8 Å². The maximum Gasteiger partial charge on any atom is 0.166 e. The molecule has 0 radical (unpaired) electrons. The topological polar surface area (TPSA) is 101 Å². The van der Waals surface area contributed by atoms with Crippen LogP contribution in [0.1, 0.15) is 22.8 Å². The van der Waals surface area contributed by atoms with E-state index in [1.54, 1.807) is 0 Å². The number of non-ortho nitro benzene ring substituents is 1. The van der Waals surface area contributed by atoms with E-state index < -0.39 is 4.92 Å². The number of nitro groups is 1. The number of hydrogen-bond acceptors (Lipinski definition) is 4. The summed E-state index contributed by atoms with van der Waals surface area (Å²) in [6.45, 7) is 0. The molecule has 6 rings (SSSR count). The van der Waals surface area contributed by atoms with Crippen molar-refractivity contribution in [1.82, 2.24) is 19.9 Å². The Kier molecular flexibility index (Phi) is 6.82. The molecule has 0 aliphatic carbocycles. The minimum Gasteiger partial charge on any atom is -0.355 e. The maximum atomic E-state index is 9.99. The Morgan fingerprint density at radius 2 is 1.06 bits per heavy atom. The van der Waals surface area contributed by atoms with Crippen LogP contribution in [-0.4, -0.2) is 24.9 Å². The summed E-state index contributed by atoms with van der Waals surface area (Å²) in [5.74, 6) is 0. The third-order valence-corrected chi connectivity index (χ3v) is 4.95. The van der Waals surface area contributed by atoms with Crippen LogP contribution in [0.3, 0.4) is 0 Å². The molecule has 8 bridgehead atoms. The first-order chi connectivity index (χ1) is 16.1. The zero-order valence-corrected chi connectivity index (χ0v) is 18.9. The first-order valence-electron chi connectivity index (χ1n) is 10.3. The predicted octanol–water partition coefficient (Wildman–Crippen LogP) is 6.05. The molecule has 34 heavy (non-hydrogen) atoms. The quantitative estimate of drug-likeness (QED) is 0.127. The number of nitrogens with one attached hydrogen (secondary N) is 2. The molecule has 0 fully saturated rings. The van der Waals surface area contributed by atoms with E-state index in [0.717, 1.165) is 44.8 Å². The summed E-state index contributed by atoms with van der Waals surface area (Å²) >= 11 is 0. The summed E-state index contributed by atoms with van der Waals surface area (Å²) in [6, 6.07) is 24.9. The van der Waals surface area contributed by atoms with Crippen LogP contribution in [-0.2, 0) is 17.1 Å². The van der Waals surface area contributed by atoms with E-state index in [1.807, 2.05) is 42.5 Å². The van der Waals surface area contributed by atoms with Crippen LogP contribution in [0, 0.1) is 16.2 Å². The molecule has 0 spiro atoms. The molecule has 2 N–H and O–H groups in total. The molecule has 0 amide bonds. The van der Waals surface area contributed by atoms with Gasteiger partial charge in [0.1, 0.15) is 0 Å². The Labute approximate surface area is 205 Å². The first-order valence-corrected chi connectivity index (χ1v) is 10.3. The van der Waals surface area contributed by atoms with Crippen molar-refractivity contribution in [3.05, 3.63) is 112 Å². The van der Waals surface area contributed by atoms with E-state index in [4.69, 9.17) is 0 Å². The van der Waals surface area contributed by atoms with Crippen molar-refractivity contribution in [3.63, 3.8) is 0 Å². The Balaban J connectivity index is 0.000000234. The van der Waals surface area contributed by atoms with Crippen LogP contribution < -0.4 is 0 Å². The molecule has 0 saturated carbocycles. The van der Waals surface area contributed by atoms with Crippen molar-refractivity contribution in [2.24, 2.45) is 0 Å². The number of fused-ring (bicyclic) bond motifs is 8. The maximum absolute atomic E-state index is 9.99. The van der Waals surface area contributed by atoms with Gasteiger partial charge in [-0.25, -0.2) is 9.97 Å². The van der Waals surface area contributed by atoms with Crippen LogP contribution in [0.2, 0.25) is 0 Å². The molecule has 2 aliphatic rings. The molecular weight excluding hydrogens is 470 g/mol. The van der Waals surface area contributed by atoms with Crippen LogP contribution >= 0.6 is 0 Å². The average molecular weight is 488 g/mol. The van der Waals surface area contributed by atoms with Gasteiger partial charge in [-0.05, 0) is 72.8 Å². The summed E-state index contributed by atoms with van der Waals surface area (Å²) < 4.78 is 0. The van der Waals surface area contributed by atoms with Gasteiger partial charge in [-0.1, -0.05) is 12.1 Å². The fourth-order valence-corrected chi connectivity index (χ4v) is 3.44. The Hall–Kier alpha value is -4.26. The zero-order valence-electron chi connectivity index (χ0n) is 17.7. The first kappa shape index (κ1) is 22.9. The minimum atomic E-state index is -0.437. The van der Waals surface area contributed by atoms with E-state index >= 15 is 0 Å². The van der Waals surface area contributed by atoms with Crippen LogP contribution in [0.5, 0.6) is 0 Å². The van der Waals surface area contributed by atoms with E-state index in [2.05, 4.69) is 56.3 Å². The normalized spacial score (nSPS) is 11.3. The van der Waals surface area contributed by atoms with E-state index in [-0.39, 0.29) is 22.8 Å². The number of rotatable bonds is 1. The standard InChI is InChI=1S/C20H14N4.C6H4NO2.Fe/c1-2-14-10-16-5-6-18(23-16)12-20-8-7-19(24-20)11-17-4-3-15(22-17)9-13(1)21-14;8-7(9)6-4-2-1-3-5-6;/h1-12,21-22H;2-5H;/q;-1;. The third kappa shape index (κ3) is 5.56. The van der Waals surface area contributed by atoms with Crippen molar-refractivity contribution in [2.75, 3.05) is 0 Å². The molecule has 1 aromatic carbocycles. The van der Waals surface area contributed by atoms with Gasteiger partial charge in [-0.15, -0.1) is 0 Å². The zero-order chi connectivity index (χ0) is 22.6. The van der Waals surface area contributed by atoms with Crippen molar-refractivity contribution in [2.45, 2.75) is 0 Å². The van der Waals surface area contributed by atoms with Crippen molar-refractivity contribution in [1.29, 1.82) is 0 Å². The van der Waals surface area contributed by atoms with Crippen molar-refractivity contribution >= 4 is 52.1 Å². The number of aromatic amines is 2. The monoisotopic (exact) mass is 488 g/mol. The van der Waals surface area contributed by atoms with E-state index in [0.29, 0.717) is 0 Å². The Morgan fingerprint density at radius 3 is 1.47 bits per heavy atom. The van der Waals surface area contributed by atoms with Gasteiger partial charge in [0.15, 0.2) is 5.69 Å². The van der Waals surface area contributed by atoms with E-state index in [9.17, 15) is 10.1 Å². The smallest absolute Gasteiger partial charge is 0.166 e. The van der Waals surface area contributed by atoms with Gasteiger partial charge >= 0.3 is 0 Å². The SMILES string of the molecule is C1=Cc2cc3ccc(cc4ccc(cc5nc(cc1n2)C=C5)[nH]4)[nH]3.O=[N+]([O-])c1cc[c-]cc1.[Fe]. The molecule has 2 aliphatic heterocycles. The fourth-order valence-electron chi connectivity index (χ4n) is 3.44. The van der Waals surface area contributed by atoms with Gasteiger partial charge in [0.2, 0.25) is 0 Å². The van der Waals surface area contributed by atoms with Crippen molar-refractivity contribution < 1.29 is 22.0 Å². The van der Waals surface area contributed by atoms with Crippen LogP contribution in [0.15, 0.2) is 72.8 Å². The number of H-pyrrole nitrogens is 2. The number of nitrogens with zero attached hydrogens (tertiary/aromatic N) is 3. The second-order valence-corrected chi connectivity index (χ2v) is 7.42. The average Bonchev–Trinajstić information content (AvgIpc) is 3.61. The fraction of sp³-hybridized carbons (Fsp3) is 0. The molecule has 7 nitrogen and oxygen atoms in total. The predicted molar refractivity (Wildman–Crippen MR) is 131 cm³/mol. The van der Waals surface area contributed by atoms with Crippen LogP contribution in [0.4, 0.5) is 5.69 Å². The molecular formula is C26H18FeN5O2-. The molecule has 3 aromatic heterocycles. The summed E-state index contributed by atoms with van der Waals surface area (Å²) in [6.07, 6.45) is 8.05. The summed E-state index contributed by atoms with van der Waals surface area (Å²) in [7, 11) is 0. The molecule has 0 atom stereocenters. The van der Waals surface area contributed by atoms with Crippen molar-refractivity contribution in [3.8, 4) is 0 Å². The van der Waals surface area contributed by atoms with Gasteiger partial charge in [0, 0.05) is 44.1 Å². The summed E-state index contributed by atoms with van der Waals surface area (Å²) in [5, 5.41) is 9.99. The number of benzene rings is 1. The molecule has 8 heteroatoms. The molecule has 5 heterocycles. The Bertz CT molecular complexity index is 1460. The summed E-state index contributed by atoms with van der Waals surface area (Å²) in [5.41, 5.74) is 7.97. The third-order valence-electron chi connectivity index (χ3n) is 4.95. The van der Waals surface area contributed by atoms with Gasteiger partial charge in [-0.3, -0.25) is 10.1 Å². The van der Waals surface area contributed by atoms with Gasteiger partial charge in [-0.2, -0.15) is 18.2 Å². The molecule has 168 valence electrons. The number of aromatic nitrogens is 4. The molecule has 0 saturated heterocycles. The number of nitro benzene ring substituents is 1. The second-order valence-electron chi connectivity index (χ2n) is 7.42. The van der Waals surface area contributed by atoms with E-state index in [1.165, 1.54) is 24.3 Å². The molecule has 0 unspecified atom stereocenters. The molecule has 4 aromatic rings. The van der Waals surface area contributed by atoms with Crippen LogP contribution in [0.25, 0.3) is 46.4 Å². The van der Waals surface area contributed by atoms with Gasteiger partial charge in [0.25, 0.3) is 0 Å². The van der Waals surface area contributed by atoms with Gasteiger partial charge < -0.3 is 9.97 Å². The minimum absolute atomic E-state index is 0. The summed E-state index contributed by atoms with van der Waals surface area (Å²) in [4.78, 5) is 25.6. The largest absolute Gasteiger partial charge is 0.355 e.